The van der Waals surface area contributed by atoms with Gasteiger partial charge in [-0.1, -0.05) is 36.4 Å². The maximum Gasteiger partial charge on any atom is 0.411 e. The lowest BCUT2D eigenvalue weighted by Crippen LogP contribution is -2.16. The second kappa shape index (κ2) is 6.56. The molecule has 0 bridgehead atoms. The lowest BCUT2D eigenvalue weighted by molar-refractivity contribution is 0.0698. The van der Waals surface area contributed by atoms with E-state index in [4.69, 9.17) is 4.74 Å². The van der Waals surface area contributed by atoms with Gasteiger partial charge in [0.25, 0.3) is 0 Å². The highest BCUT2D eigenvalue weighted by Crippen LogP contribution is 2.25. The van der Waals surface area contributed by atoms with Crippen molar-refractivity contribution in [3.8, 4) is 11.1 Å². The molecule has 1 amide bonds. The summed E-state index contributed by atoms with van der Waals surface area (Å²) in [6, 6.07) is 14.3. The van der Waals surface area contributed by atoms with Crippen molar-refractivity contribution in [2.45, 2.75) is 6.92 Å². The zero-order valence-corrected chi connectivity index (χ0v) is 11.5. The average molecular weight is 285 g/mol. The minimum absolute atomic E-state index is 0.0180. The maximum atomic E-state index is 11.4. The number of hydrogen-bond donors (Lipinski definition) is 2. The van der Waals surface area contributed by atoms with Crippen LogP contribution in [-0.2, 0) is 4.74 Å². The normalized spacial score (nSPS) is 9.95. The maximum absolute atomic E-state index is 11.4. The second-order valence-corrected chi connectivity index (χ2v) is 4.28. The van der Waals surface area contributed by atoms with Crippen LogP contribution in [0.15, 0.2) is 48.5 Å². The minimum Gasteiger partial charge on any atom is -0.478 e. The van der Waals surface area contributed by atoms with Crippen LogP contribution >= 0.6 is 0 Å². The topological polar surface area (TPSA) is 75.6 Å². The molecule has 0 radical (unpaired) electrons. The van der Waals surface area contributed by atoms with Gasteiger partial charge in [0, 0.05) is 0 Å². The van der Waals surface area contributed by atoms with Gasteiger partial charge in [-0.2, -0.15) is 0 Å². The van der Waals surface area contributed by atoms with Gasteiger partial charge in [0.2, 0.25) is 0 Å². The third kappa shape index (κ3) is 3.60. The van der Waals surface area contributed by atoms with E-state index in [1.54, 1.807) is 19.1 Å². The first-order chi connectivity index (χ1) is 10.1. The first kappa shape index (κ1) is 14.6. The highest BCUT2D eigenvalue weighted by Gasteiger charge is 2.14. The number of aromatic carboxylic acids is 1. The molecule has 5 nitrogen and oxygen atoms in total. The fraction of sp³-hybridized carbons (Fsp3) is 0.125. The summed E-state index contributed by atoms with van der Waals surface area (Å²) in [5.41, 5.74) is 1.90. The average Bonchev–Trinajstić information content (AvgIpc) is 2.48. The predicted molar refractivity (Wildman–Crippen MR) is 79.5 cm³/mol. The number of amides is 1. The van der Waals surface area contributed by atoms with E-state index in [2.05, 4.69) is 5.32 Å². The Morgan fingerprint density at radius 1 is 1.10 bits per heavy atom. The minimum atomic E-state index is -1.11. The molecule has 2 rings (SSSR count). The predicted octanol–water partition coefficient (Wildman–Crippen LogP) is 3.62. The van der Waals surface area contributed by atoms with Crippen molar-refractivity contribution in [3.63, 3.8) is 0 Å². The Morgan fingerprint density at radius 2 is 1.81 bits per heavy atom. The van der Waals surface area contributed by atoms with Crippen LogP contribution < -0.4 is 5.32 Å². The fourth-order valence-corrected chi connectivity index (χ4v) is 1.92. The number of anilines is 1. The molecule has 0 spiro atoms. The monoisotopic (exact) mass is 285 g/mol. The van der Waals surface area contributed by atoms with Crippen LogP contribution in [0, 0.1) is 0 Å². The number of carboxylic acids is 1. The lowest BCUT2D eigenvalue weighted by Gasteiger charge is -2.10. The van der Waals surface area contributed by atoms with Gasteiger partial charge in [-0.25, -0.2) is 9.59 Å². The van der Waals surface area contributed by atoms with Crippen LogP contribution in [0.5, 0.6) is 0 Å². The summed E-state index contributed by atoms with van der Waals surface area (Å²) in [6.07, 6.45) is -0.674. The third-order valence-electron chi connectivity index (χ3n) is 2.87. The summed E-state index contributed by atoms with van der Waals surface area (Å²) < 4.78 is 4.75. The smallest absolute Gasteiger partial charge is 0.411 e. The van der Waals surface area contributed by atoms with E-state index in [0.29, 0.717) is 0 Å². The van der Waals surface area contributed by atoms with Crippen molar-refractivity contribution in [1.29, 1.82) is 0 Å². The Morgan fingerprint density at radius 3 is 2.43 bits per heavy atom. The Hall–Kier alpha value is -2.82. The summed E-state index contributed by atoms with van der Waals surface area (Å²) in [5, 5.41) is 11.7. The number of carboxylic acid groups (broad SMARTS) is 1. The van der Waals surface area contributed by atoms with Gasteiger partial charge in [0.15, 0.2) is 0 Å². The van der Waals surface area contributed by atoms with Crippen LogP contribution in [0.2, 0.25) is 0 Å². The SMILES string of the molecule is CCOC(=O)Nc1ccc(-c2ccccc2)cc1C(=O)O. The molecule has 108 valence electrons. The van der Waals surface area contributed by atoms with E-state index in [1.165, 1.54) is 6.07 Å². The zero-order valence-electron chi connectivity index (χ0n) is 11.5. The van der Waals surface area contributed by atoms with Gasteiger partial charge in [0.05, 0.1) is 17.9 Å². The second-order valence-electron chi connectivity index (χ2n) is 4.28. The number of hydrogen-bond acceptors (Lipinski definition) is 3. The van der Waals surface area contributed by atoms with E-state index < -0.39 is 12.1 Å². The highest BCUT2D eigenvalue weighted by atomic mass is 16.5. The molecule has 0 fully saturated rings. The van der Waals surface area contributed by atoms with Crippen molar-refractivity contribution in [2.24, 2.45) is 0 Å². The first-order valence-electron chi connectivity index (χ1n) is 6.48. The number of carbonyl (C=O) groups is 2. The van der Waals surface area contributed by atoms with Crippen molar-refractivity contribution in [3.05, 3.63) is 54.1 Å². The van der Waals surface area contributed by atoms with E-state index in [9.17, 15) is 14.7 Å². The number of ether oxygens (including phenoxy) is 1. The van der Waals surface area contributed by atoms with Crippen molar-refractivity contribution >= 4 is 17.7 Å². The Kier molecular flexibility index (Phi) is 4.56. The Labute approximate surface area is 122 Å². The number of rotatable bonds is 4. The molecule has 0 aliphatic carbocycles. The van der Waals surface area contributed by atoms with E-state index in [-0.39, 0.29) is 17.9 Å². The molecule has 0 aromatic heterocycles. The molecule has 2 aromatic rings. The van der Waals surface area contributed by atoms with Gasteiger partial charge in [0.1, 0.15) is 0 Å². The fourth-order valence-electron chi connectivity index (χ4n) is 1.92. The van der Waals surface area contributed by atoms with Crippen molar-refractivity contribution < 1.29 is 19.4 Å². The molecule has 0 aliphatic rings. The molecule has 0 saturated carbocycles. The van der Waals surface area contributed by atoms with Gasteiger partial charge >= 0.3 is 12.1 Å². The molecule has 0 heterocycles. The van der Waals surface area contributed by atoms with Crippen LogP contribution in [0.1, 0.15) is 17.3 Å². The first-order valence-corrected chi connectivity index (χ1v) is 6.48. The van der Waals surface area contributed by atoms with Crippen LogP contribution in [0.25, 0.3) is 11.1 Å². The summed E-state index contributed by atoms with van der Waals surface area (Å²) in [7, 11) is 0. The van der Waals surface area contributed by atoms with Gasteiger partial charge < -0.3 is 9.84 Å². The third-order valence-corrected chi connectivity index (χ3v) is 2.87. The molecule has 21 heavy (non-hydrogen) atoms. The zero-order chi connectivity index (χ0) is 15.2. The van der Waals surface area contributed by atoms with Gasteiger partial charge in [-0.05, 0) is 30.2 Å². The van der Waals surface area contributed by atoms with Crippen LogP contribution in [0.4, 0.5) is 10.5 Å². The summed E-state index contributed by atoms with van der Waals surface area (Å²) in [6.45, 7) is 1.90. The molecule has 0 atom stereocenters. The number of nitrogens with one attached hydrogen (secondary N) is 1. The Bertz CT molecular complexity index is 653. The lowest BCUT2D eigenvalue weighted by atomic mass is 10.0. The quantitative estimate of drug-likeness (QED) is 0.899. The molecule has 0 unspecified atom stereocenters. The van der Waals surface area contributed by atoms with Crippen molar-refractivity contribution in [2.75, 3.05) is 11.9 Å². The molecular weight excluding hydrogens is 270 g/mol. The molecule has 0 saturated heterocycles. The summed E-state index contributed by atoms with van der Waals surface area (Å²) >= 11 is 0. The Balaban J connectivity index is 2.36. The number of benzene rings is 2. The molecule has 2 aromatic carbocycles. The van der Waals surface area contributed by atoms with E-state index in [0.717, 1.165) is 11.1 Å². The van der Waals surface area contributed by atoms with Crippen molar-refractivity contribution in [1.82, 2.24) is 0 Å². The van der Waals surface area contributed by atoms with Crippen LogP contribution in [0.3, 0.4) is 0 Å². The standard InChI is InChI=1S/C16H15NO4/c1-2-21-16(20)17-14-9-8-12(10-13(14)15(18)19)11-6-4-3-5-7-11/h3-10H,2H2,1H3,(H,17,20)(H,18,19). The van der Waals surface area contributed by atoms with Gasteiger partial charge in [-0.3, -0.25) is 5.32 Å². The highest BCUT2D eigenvalue weighted by molar-refractivity contribution is 6.00. The summed E-state index contributed by atoms with van der Waals surface area (Å²) in [4.78, 5) is 22.8. The molecular formula is C16H15NO4. The van der Waals surface area contributed by atoms with E-state index in [1.807, 2.05) is 30.3 Å². The van der Waals surface area contributed by atoms with Gasteiger partial charge in [-0.15, -0.1) is 0 Å². The molecule has 0 aliphatic heterocycles. The van der Waals surface area contributed by atoms with E-state index >= 15 is 0 Å². The largest absolute Gasteiger partial charge is 0.478 e. The van der Waals surface area contributed by atoms with Crippen LogP contribution in [-0.4, -0.2) is 23.8 Å². The molecule has 2 N–H and O–H groups in total. The molecule has 5 heteroatoms. The summed E-state index contributed by atoms with van der Waals surface area (Å²) in [5.74, 6) is -1.11. The number of carbonyl (C=O) groups excluding carboxylic acids is 1.